The first kappa shape index (κ1) is 18.3. The van der Waals surface area contributed by atoms with Crippen molar-refractivity contribution in [3.63, 3.8) is 0 Å². The highest BCUT2D eigenvalue weighted by Gasteiger charge is 2.14. The van der Waals surface area contributed by atoms with Crippen molar-refractivity contribution in [3.05, 3.63) is 94.5 Å². The SMILES string of the molecule is COc1cccc(-n2c(SCc3cccc(F)c3)nc3ccccc3c2=O)c1. The number of methoxy groups -OCH3 is 1. The van der Waals surface area contributed by atoms with Gasteiger partial charge in [0.15, 0.2) is 5.16 Å². The molecule has 0 atom stereocenters. The number of thioether (sulfide) groups is 1. The second kappa shape index (κ2) is 7.86. The summed E-state index contributed by atoms with van der Waals surface area (Å²) in [4.78, 5) is 17.9. The number of aromatic nitrogens is 2. The van der Waals surface area contributed by atoms with Crippen LogP contribution in [0, 0.1) is 5.82 Å². The molecule has 0 spiro atoms. The number of nitrogens with zero attached hydrogens (tertiary/aromatic N) is 2. The highest BCUT2D eigenvalue weighted by molar-refractivity contribution is 7.98. The Labute approximate surface area is 165 Å². The van der Waals surface area contributed by atoms with Gasteiger partial charge >= 0.3 is 0 Å². The molecule has 0 fully saturated rings. The summed E-state index contributed by atoms with van der Waals surface area (Å²) in [5.41, 5.74) is 1.97. The monoisotopic (exact) mass is 392 g/mol. The summed E-state index contributed by atoms with van der Waals surface area (Å²) in [5, 5.41) is 1.08. The van der Waals surface area contributed by atoms with Gasteiger partial charge in [-0.2, -0.15) is 0 Å². The summed E-state index contributed by atoms with van der Waals surface area (Å²) in [6.07, 6.45) is 0. The van der Waals surface area contributed by atoms with Crippen LogP contribution in [0.15, 0.2) is 82.7 Å². The molecule has 0 saturated carbocycles. The molecular weight excluding hydrogens is 375 g/mol. The van der Waals surface area contributed by atoms with E-state index in [1.54, 1.807) is 29.9 Å². The molecule has 4 nitrogen and oxygen atoms in total. The fourth-order valence-corrected chi connectivity index (χ4v) is 3.92. The maximum absolute atomic E-state index is 13.5. The van der Waals surface area contributed by atoms with E-state index in [2.05, 4.69) is 0 Å². The van der Waals surface area contributed by atoms with Crippen LogP contribution in [-0.2, 0) is 5.75 Å². The number of fused-ring (bicyclic) bond motifs is 1. The average molecular weight is 392 g/mol. The van der Waals surface area contributed by atoms with E-state index in [0.29, 0.717) is 33.2 Å². The van der Waals surface area contributed by atoms with Crippen molar-refractivity contribution in [2.45, 2.75) is 10.9 Å². The van der Waals surface area contributed by atoms with E-state index in [4.69, 9.17) is 9.72 Å². The highest BCUT2D eigenvalue weighted by Crippen LogP contribution is 2.26. The van der Waals surface area contributed by atoms with Gasteiger partial charge in [-0.05, 0) is 42.0 Å². The van der Waals surface area contributed by atoms with Crippen LogP contribution in [0.3, 0.4) is 0 Å². The van der Waals surface area contributed by atoms with E-state index < -0.39 is 0 Å². The van der Waals surface area contributed by atoms with Crippen LogP contribution in [0.4, 0.5) is 4.39 Å². The summed E-state index contributed by atoms with van der Waals surface area (Å²) in [7, 11) is 1.58. The summed E-state index contributed by atoms with van der Waals surface area (Å²) < 4.78 is 20.4. The first-order valence-corrected chi connectivity index (χ1v) is 9.68. The molecular formula is C22H17FN2O2S. The fraction of sp³-hybridized carbons (Fsp3) is 0.0909. The predicted octanol–water partition coefficient (Wildman–Crippen LogP) is 4.83. The lowest BCUT2D eigenvalue weighted by Crippen LogP contribution is -2.21. The topological polar surface area (TPSA) is 44.1 Å². The molecule has 0 radical (unpaired) electrons. The molecule has 28 heavy (non-hydrogen) atoms. The molecule has 0 N–H and O–H groups in total. The summed E-state index contributed by atoms with van der Waals surface area (Å²) in [6.45, 7) is 0. The molecule has 0 unspecified atom stereocenters. The molecule has 4 rings (SSSR count). The lowest BCUT2D eigenvalue weighted by Gasteiger charge is -2.14. The third kappa shape index (κ3) is 3.64. The van der Waals surface area contributed by atoms with Gasteiger partial charge in [0, 0.05) is 11.8 Å². The van der Waals surface area contributed by atoms with E-state index in [1.165, 1.54) is 23.9 Å². The lowest BCUT2D eigenvalue weighted by atomic mass is 10.2. The normalized spacial score (nSPS) is 10.9. The predicted molar refractivity (Wildman–Crippen MR) is 110 cm³/mol. The van der Waals surface area contributed by atoms with Crippen LogP contribution in [0.1, 0.15) is 5.56 Å². The van der Waals surface area contributed by atoms with Gasteiger partial charge in [-0.25, -0.2) is 9.37 Å². The third-order valence-corrected chi connectivity index (χ3v) is 5.32. The number of ether oxygens (including phenoxy) is 1. The van der Waals surface area contributed by atoms with E-state index in [9.17, 15) is 9.18 Å². The Bertz CT molecular complexity index is 1210. The minimum Gasteiger partial charge on any atom is -0.497 e. The van der Waals surface area contributed by atoms with E-state index in [1.807, 2.05) is 42.5 Å². The molecule has 140 valence electrons. The van der Waals surface area contributed by atoms with Gasteiger partial charge in [0.05, 0.1) is 23.7 Å². The fourth-order valence-electron chi connectivity index (χ4n) is 2.96. The van der Waals surface area contributed by atoms with Crippen molar-refractivity contribution >= 4 is 22.7 Å². The van der Waals surface area contributed by atoms with Gasteiger partial charge in [-0.15, -0.1) is 0 Å². The second-order valence-corrected chi connectivity index (χ2v) is 7.11. The first-order valence-electron chi connectivity index (χ1n) is 8.69. The minimum atomic E-state index is -0.283. The summed E-state index contributed by atoms with van der Waals surface area (Å²) in [6, 6.07) is 21.0. The third-order valence-electron chi connectivity index (χ3n) is 4.31. The number of hydrogen-bond acceptors (Lipinski definition) is 4. The smallest absolute Gasteiger partial charge is 0.266 e. The van der Waals surface area contributed by atoms with Gasteiger partial charge in [-0.1, -0.05) is 42.1 Å². The molecule has 0 amide bonds. The Hall–Kier alpha value is -3.12. The molecule has 4 aromatic rings. The Morgan fingerprint density at radius 1 is 1.04 bits per heavy atom. The second-order valence-electron chi connectivity index (χ2n) is 6.17. The molecule has 0 aliphatic rings. The zero-order valence-electron chi connectivity index (χ0n) is 15.1. The molecule has 0 aliphatic heterocycles. The highest BCUT2D eigenvalue weighted by atomic mass is 32.2. The summed E-state index contributed by atoms with van der Waals surface area (Å²) in [5.74, 6) is 0.861. The van der Waals surface area contributed by atoms with Crippen LogP contribution < -0.4 is 10.3 Å². The van der Waals surface area contributed by atoms with Crippen molar-refractivity contribution in [2.75, 3.05) is 7.11 Å². The van der Waals surface area contributed by atoms with E-state index >= 15 is 0 Å². The van der Waals surface area contributed by atoms with Gasteiger partial charge in [0.1, 0.15) is 11.6 Å². The quantitative estimate of drug-likeness (QED) is 0.361. The lowest BCUT2D eigenvalue weighted by molar-refractivity contribution is 0.414. The molecule has 1 aromatic heterocycles. The van der Waals surface area contributed by atoms with Crippen molar-refractivity contribution in [3.8, 4) is 11.4 Å². The minimum absolute atomic E-state index is 0.152. The molecule has 0 bridgehead atoms. The number of para-hydroxylation sites is 1. The molecule has 6 heteroatoms. The van der Waals surface area contributed by atoms with Gasteiger partial charge in [0.2, 0.25) is 0 Å². The number of rotatable bonds is 5. The number of halogens is 1. The summed E-state index contributed by atoms with van der Waals surface area (Å²) >= 11 is 1.39. The van der Waals surface area contributed by atoms with Crippen LogP contribution in [0.25, 0.3) is 16.6 Å². The van der Waals surface area contributed by atoms with Crippen molar-refractivity contribution in [1.29, 1.82) is 0 Å². The molecule has 3 aromatic carbocycles. The van der Waals surface area contributed by atoms with Crippen LogP contribution in [-0.4, -0.2) is 16.7 Å². The van der Waals surface area contributed by atoms with Gasteiger partial charge < -0.3 is 4.74 Å². The van der Waals surface area contributed by atoms with Crippen LogP contribution >= 0.6 is 11.8 Å². The van der Waals surface area contributed by atoms with Crippen LogP contribution in [0.2, 0.25) is 0 Å². The largest absolute Gasteiger partial charge is 0.497 e. The number of benzene rings is 3. The standard InChI is InChI=1S/C22H17FN2O2S/c1-27-18-9-5-8-17(13-18)25-21(26)19-10-2-3-11-20(19)24-22(25)28-14-15-6-4-7-16(23)12-15/h2-13H,14H2,1H3. The molecule has 0 aliphatic carbocycles. The Balaban J connectivity index is 1.84. The van der Waals surface area contributed by atoms with Gasteiger partial charge in [0.25, 0.3) is 5.56 Å². The zero-order chi connectivity index (χ0) is 19.5. The van der Waals surface area contributed by atoms with Crippen LogP contribution in [0.5, 0.6) is 5.75 Å². The Morgan fingerprint density at radius 3 is 2.68 bits per heavy atom. The van der Waals surface area contributed by atoms with E-state index in [-0.39, 0.29) is 11.4 Å². The van der Waals surface area contributed by atoms with Crippen molar-refractivity contribution < 1.29 is 9.13 Å². The van der Waals surface area contributed by atoms with Gasteiger partial charge in [-0.3, -0.25) is 9.36 Å². The molecule has 1 heterocycles. The van der Waals surface area contributed by atoms with Crippen molar-refractivity contribution in [2.24, 2.45) is 0 Å². The van der Waals surface area contributed by atoms with Crippen molar-refractivity contribution in [1.82, 2.24) is 9.55 Å². The Morgan fingerprint density at radius 2 is 1.86 bits per heavy atom. The first-order chi connectivity index (χ1) is 13.7. The van der Waals surface area contributed by atoms with E-state index in [0.717, 1.165) is 5.56 Å². The number of hydrogen-bond donors (Lipinski definition) is 0. The maximum atomic E-state index is 13.5. The maximum Gasteiger partial charge on any atom is 0.266 e. The Kier molecular flexibility index (Phi) is 5.12. The molecule has 0 saturated heterocycles. The average Bonchev–Trinajstić information content (AvgIpc) is 2.72. The zero-order valence-corrected chi connectivity index (χ0v) is 15.9.